The lowest BCUT2D eigenvalue weighted by molar-refractivity contribution is 0.195. The van der Waals surface area contributed by atoms with Gasteiger partial charge >= 0.3 is 6.09 Å². The quantitative estimate of drug-likeness (QED) is 0.599. The Kier molecular flexibility index (Phi) is 3.56. The topological polar surface area (TPSA) is 74.2 Å². The third kappa shape index (κ3) is 3.95. The Morgan fingerprint density at radius 2 is 2.31 bits per heavy atom. The van der Waals surface area contributed by atoms with E-state index < -0.39 is 6.09 Å². The normalized spacial score (nSPS) is 9.23. The summed E-state index contributed by atoms with van der Waals surface area (Å²) in [6, 6.07) is 5.50. The van der Waals surface area contributed by atoms with Crippen molar-refractivity contribution in [2.24, 2.45) is 0 Å². The number of carboxylic acid groups (broad SMARTS) is 1. The summed E-state index contributed by atoms with van der Waals surface area (Å²) in [5.74, 6) is 0.745. The molecule has 1 aromatic rings. The second-order valence-corrected chi connectivity index (χ2v) is 2.37. The zero-order valence-electron chi connectivity index (χ0n) is 7.03. The Bertz CT molecular complexity index is 263. The monoisotopic (exact) mass is 181 g/mol. The van der Waals surface area contributed by atoms with Crippen molar-refractivity contribution in [3.8, 4) is 0 Å². The first-order chi connectivity index (χ1) is 6.29. The van der Waals surface area contributed by atoms with Crippen molar-refractivity contribution >= 4 is 11.9 Å². The van der Waals surface area contributed by atoms with Gasteiger partial charge in [-0.15, -0.1) is 0 Å². The van der Waals surface area contributed by atoms with E-state index in [2.05, 4.69) is 15.6 Å². The van der Waals surface area contributed by atoms with E-state index in [0.717, 1.165) is 5.82 Å². The molecule has 70 valence electrons. The van der Waals surface area contributed by atoms with E-state index in [0.29, 0.717) is 13.1 Å². The first kappa shape index (κ1) is 9.31. The van der Waals surface area contributed by atoms with Crippen LogP contribution in [-0.4, -0.2) is 29.3 Å². The van der Waals surface area contributed by atoms with Crippen LogP contribution in [0, 0.1) is 0 Å². The summed E-state index contributed by atoms with van der Waals surface area (Å²) in [4.78, 5) is 14.1. The Morgan fingerprint density at radius 3 is 2.92 bits per heavy atom. The average Bonchev–Trinajstić information content (AvgIpc) is 2.14. The molecule has 5 heteroatoms. The van der Waals surface area contributed by atoms with Crippen molar-refractivity contribution in [2.45, 2.75) is 0 Å². The molecule has 0 atom stereocenters. The smallest absolute Gasteiger partial charge is 0.404 e. The molecule has 1 aromatic heterocycles. The van der Waals surface area contributed by atoms with Gasteiger partial charge in [-0.05, 0) is 12.1 Å². The first-order valence-corrected chi connectivity index (χ1v) is 3.91. The van der Waals surface area contributed by atoms with Crippen molar-refractivity contribution in [3.63, 3.8) is 0 Å². The molecule has 0 spiro atoms. The number of nitrogens with one attached hydrogen (secondary N) is 2. The summed E-state index contributed by atoms with van der Waals surface area (Å²) in [5, 5.41) is 13.5. The summed E-state index contributed by atoms with van der Waals surface area (Å²) in [7, 11) is 0. The fourth-order valence-corrected chi connectivity index (χ4v) is 0.827. The molecule has 0 aliphatic carbocycles. The largest absolute Gasteiger partial charge is 0.465 e. The van der Waals surface area contributed by atoms with Gasteiger partial charge in [-0.2, -0.15) is 0 Å². The molecular formula is C8H11N3O2. The lowest BCUT2D eigenvalue weighted by Gasteiger charge is -2.03. The molecule has 0 fully saturated rings. The number of rotatable bonds is 4. The van der Waals surface area contributed by atoms with Crippen LogP contribution < -0.4 is 10.6 Å². The van der Waals surface area contributed by atoms with Crippen LogP contribution in [0.25, 0.3) is 0 Å². The highest BCUT2D eigenvalue weighted by atomic mass is 16.4. The molecule has 13 heavy (non-hydrogen) atoms. The predicted molar refractivity (Wildman–Crippen MR) is 48.8 cm³/mol. The summed E-state index contributed by atoms with van der Waals surface area (Å²) < 4.78 is 0. The highest BCUT2D eigenvalue weighted by Crippen LogP contribution is 1.97. The third-order valence-corrected chi connectivity index (χ3v) is 1.37. The van der Waals surface area contributed by atoms with Crippen LogP contribution in [0.1, 0.15) is 0 Å². The third-order valence-electron chi connectivity index (χ3n) is 1.37. The number of hydrogen-bond acceptors (Lipinski definition) is 3. The Morgan fingerprint density at radius 1 is 1.46 bits per heavy atom. The molecular weight excluding hydrogens is 170 g/mol. The summed E-state index contributed by atoms with van der Waals surface area (Å²) in [5.41, 5.74) is 0. The standard InChI is InChI=1S/C8H11N3O2/c12-8(13)11-6-5-10-7-3-1-2-4-9-7/h1-4,11H,5-6H2,(H,9,10)(H,12,13). The molecule has 0 radical (unpaired) electrons. The Hall–Kier alpha value is -1.78. The average molecular weight is 181 g/mol. The summed E-state index contributed by atoms with van der Waals surface area (Å²) in [6.07, 6.45) is 0.662. The van der Waals surface area contributed by atoms with Gasteiger partial charge in [0.25, 0.3) is 0 Å². The second-order valence-electron chi connectivity index (χ2n) is 2.37. The first-order valence-electron chi connectivity index (χ1n) is 3.91. The van der Waals surface area contributed by atoms with E-state index in [4.69, 9.17) is 5.11 Å². The van der Waals surface area contributed by atoms with Gasteiger partial charge in [-0.1, -0.05) is 6.07 Å². The zero-order chi connectivity index (χ0) is 9.52. The predicted octanol–water partition coefficient (Wildman–Crippen LogP) is 0.761. The Labute approximate surface area is 75.8 Å². The van der Waals surface area contributed by atoms with Crippen LogP contribution in [0.3, 0.4) is 0 Å². The molecule has 1 rings (SSSR count). The molecule has 1 heterocycles. The number of anilines is 1. The molecule has 0 saturated heterocycles. The highest BCUT2D eigenvalue weighted by molar-refractivity contribution is 5.64. The van der Waals surface area contributed by atoms with Crippen molar-refractivity contribution in [2.75, 3.05) is 18.4 Å². The van der Waals surface area contributed by atoms with Crippen LogP contribution in [-0.2, 0) is 0 Å². The van der Waals surface area contributed by atoms with E-state index in [1.54, 1.807) is 6.20 Å². The van der Waals surface area contributed by atoms with Gasteiger partial charge in [-0.25, -0.2) is 9.78 Å². The van der Waals surface area contributed by atoms with E-state index in [9.17, 15) is 4.79 Å². The fourth-order valence-electron chi connectivity index (χ4n) is 0.827. The van der Waals surface area contributed by atoms with Gasteiger partial charge in [0.2, 0.25) is 0 Å². The number of aromatic nitrogens is 1. The van der Waals surface area contributed by atoms with Crippen LogP contribution in [0.4, 0.5) is 10.6 Å². The number of pyridine rings is 1. The summed E-state index contributed by atoms with van der Waals surface area (Å²) >= 11 is 0. The number of amides is 1. The number of nitrogens with zero attached hydrogens (tertiary/aromatic N) is 1. The molecule has 0 aliphatic rings. The maximum atomic E-state index is 10.1. The van der Waals surface area contributed by atoms with E-state index in [1.165, 1.54) is 0 Å². The number of hydrogen-bond donors (Lipinski definition) is 3. The Balaban J connectivity index is 2.17. The summed E-state index contributed by atoms with van der Waals surface area (Å²) in [6.45, 7) is 0.898. The van der Waals surface area contributed by atoms with Crippen LogP contribution in [0.2, 0.25) is 0 Å². The van der Waals surface area contributed by atoms with Crippen LogP contribution in [0.15, 0.2) is 24.4 Å². The van der Waals surface area contributed by atoms with E-state index in [-0.39, 0.29) is 0 Å². The minimum Gasteiger partial charge on any atom is -0.465 e. The molecule has 3 N–H and O–H groups in total. The fraction of sp³-hybridized carbons (Fsp3) is 0.250. The van der Waals surface area contributed by atoms with Gasteiger partial charge in [0.15, 0.2) is 0 Å². The molecule has 0 saturated carbocycles. The molecule has 0 aromatic carbocycles. The molecule has 0 unspecified atom stereocenters. The minimum atomic E-state index is -1.01. The van der Waals surface area contributed by atoms with Gasteiger partial charge in [-0.3, -0.25) is 0 Å². The number of carbonyl (C=O) groups is 1. The maximum Gasteiger partial charge on any atom is 0.404 e. The molecule has 1 amide bonds. The van der Waals surface area contributed by atoms with Gasteiger partial charge in [0, 0.05) is 19.3 Å². The molecule has 0 bridgehead atoms. The SMILES string of the molecule is O=C(O)NCCNc1ccccn1. The van der Waals surface area contributed by atoms with Crippen LogP contribution in [0.5, 0.6) is 0 Å². The van der Waals surface area contributed by atoms with Crippen molar-refractivity contribution in [3.05, 3.63) is 24.4 Å². The molecule has 0 aliphatic heterocycles. The zero-order valence-corrected chi connectivity index (χ0v) is 7.03. The van der Waals surface area contributed by atoms with Gasteiger partial charge < -0.3 is 15.7 Å². The molecule has 5 nitrogen and oxygen atoms in total. The van der Waals surface area contributed by atoms with E-state index in [1.807, 2.05) is 18.2 Å². The highest BCUT2D eigenvalue weighted by Gasteiger charge is 1.93. The van der Waals surface area contributed by atoms with Crippen molar-refractivity contribution in [1.82, 2.24) is 10.3 Å². The lowest BCUT2D eigenvalue weighted by Crippen LogP contribution is -2.27. The maximum absolute atomic E-state index is 10.1. The second kappa shape index (κ2) is 4.97. The van der Waals surface area contributed by atoms with Crippen molar-refractivity contribution in [1.29, 1.82) is 0 Å². The lowest BCUT2D eigenvalue weighted by atomic mass is 10.4. The van der Waals surface area contributed by atoms with Gasteiger partial charge in [0.1, 0.15) is 5.82 Å². The van der Waals surface area contributed by atoms with E-state index >= 15 is 0 Å². The van der Waals surface area contributed by atoms with Crippen LogP contribution >= 0.6 is 0 Å². The minimum absolute atomic E-state index is 0.367. The van der Waals surface area contributed by atoms with Gasteiger partial charge in [0.05, 0.1) is 0 Å². The van der Waals surface area contributed by atoms with Crippen molar-refractivity contribution < 1.29 is 9.90 Å².